The van der Waals surface area contributed by atoms with Crippen LogP contribution in [0.5, 0.6) is 0 Å². The number of esters is 1. The molecule has 3 heterocycles. The Morgan fingerprint density at radius 3 is 2.31 bits per heavy atom. The van der Waals surface area contributed by atoms with E-state index in [0.29, 0.717) is 27.7 Å². The van der Waals surface area contributed by atoms with E-state index in [4.69, 9.17) is 14.5 Å². The third kappa shape index (κ3) is 6.85. The summed E-state index contributed by atoms with van der Waals surface area (Å²) in [6.45, 7) is 6.47. The molecule has 1 aliphatic carbocycles. The van der Waals surface area contributed by atoms with Gasteiger partial charge in [-0.05, 0) is 77.6 Å². The maximum atomic E-state index is 12.8. The van der Waals surface area contributed by atoms with Crippen LogP contribution in [0.1, 0.15) is 59.1 Å². The summed E-state index contributed by atoms with van der Waals surface area (Å²) in [5.74, 6) is 0.453. The van der Waals surface area contributed by atoms with Crippen molar-refractivity contribution in [3.8, 4) is 11.1 Å². The highest BCUT2D eigenvalue weighted by Gasteiger charge is 2.29. The van der Waals surface area contributed by atoms with Crippen LogP contribution in [0.15, 0.2) is 106 Å². The number of hydrogen-bond acceptors (Lipinski definition) is 10. The third-order valence-corrected chi connectivity index (χ3v) is 10.5. The van der Waals surface area contributed by atoms with Crippen LogP contribution in [-0.4, -0.2) is 40.2 Å². The van der Waals surface area contributed by atoms with E-state index in [9.17, 15) is 9.59 Å². The average molecular weight is 688 g/mol. The molecule has 246 valence electrons. The Bertz CT molecular complexity index is 2120. The summed E-state index contributed by atoms with van der Waals surface area (Å²) in [5.41, 5.74) is 7.56. The Hall–Kier alpha value is -5.26. The molecule has 0 radical (unpaired) electrons. The summed E-state index contributed by atoms with van der Waals surface area (Å²) in [4.78, 5) is 40.5. The van der Waals surface area contributed by atoms with Crippen molar-refractivity contribution in [1.82, 2.24) is 15.0 Å². The number of pyridine rings is 1. The highest BCUT2D eigenvalue weighted by molar-refractivity contribution is 8.01. The monoisotopic (exact) mass is 687 g/mol. The van der Waals surface area contributed by atoms with Crippen molar-refractivity contribution < 1.29 is 19.1 Å². The minimum absolute atomic E-state index is 0.0147. The van der Waals surface area contributed by atoms with Crippen molar-refractivity contribution in [2.45, 2.75) is 41.7 Å². The fourth-order valence-electron chi connectivity index (χ4n) is 5.81. The molecule has 7 rings (SSSR count). The summed E-state index contributed by atoms with van der Waals surface area (Å²) >= 11 is 2.82. The van der Waals surface area contributed by atoms with E-state index in [2.05, 4.69) is 58.7 Å². The predicted octanol–water partition coefficient (Wildman–Crippen LogP) is 9.64. The number of hydrogen-bond donors (Lipinski definition) is 2. The molecular formula is C38H33N5O4S2. The van der Waals surface area contributed by atoms with Gasteiger partial charge in [0.2, 0.25) is 0 Å². The van der Waals surface area contributed by atoms with Gasteiger partial charge in [-0.15, -0.1) is 11.3 Å². The third-order valence-electron chi connectivity index (χ3n) is 8.19. The Morgan fingerprint density at radius 1 is 0.898 bits per heavy atom. The lowest BCUT2D eigenvalue weighted by atomic mass is 9.98. The van der Waals surface area contributed by atoms with Gasteiger partial charge < -0.3 is 14.8 Å². The molecule has 1 aliphatic rings. The van der Waals surface area contributed by atoms with Crippen LogP contribution < -0.4 is 10.6 Å². The number of carbonyl (C=O) groups excluding carboxylic acids is 2. The number of aromatic nitrogens is 3. The summed E-state index contributed by atoms with van der Waals surface area (Å²) in [7, 11) is 0. The molecule has 0 aliphatic heterocycles. The molecule has 2 N–H and O–H groups in total. The van der Waals surface area contributed by atoms with E-state index in [0.717, 1.165) is 31.3 Å². The van der Waals surface area contributed by atoms with E-state index in [1.807, 2.05) is 60.7 Å². The fraction of sp³-hybridized carbons (Fsp3) is 0.184. The second-order valence-electron chi connectivity index (χ2n) is 11.7. The molecule has 11 heteroatoms. The van der Waals surface area contributed by atoms with Gasteiger partial charge in [-0.1, -0.05) is 74.1 Å². The minimum atomic E-state index is -0.516. The Balaban J connectivity index is 1.05. The van der Waals surface area contributed by atoms with Gasteiger partial charge in [0.15, 0.2) is 5.65 Å². The SMILES string of the molecule is CCOC(=O)c1cc(Nc2ncnc3nc(C(C)C)ccc23)c(Sc2ccc(NC(=O)OCC3c4ccccc4-c4ccccc43)cc2)s1. The number of fused-ring (bicyclic) bond motifs is 4. The summed E-state index contributed by atoms with van der Waals surface area (Å²) in [6, 6.07) is 29.7. The topological polar surface area (TPSA) is 115 Å². The van der Waals surface area contributed by atoms with Gasteiger partial charge in [-0.25, -0.2) is 24.5 Å². The number of amides is 1. The predicted molar refractivity (Wildman–Crippen MR) is 194 cm³/mol. The molecular weight excluding hydrogens is 655 g/mol. The van der Waals surface area contributed by atoms with Crippen LogP contribution in [-0.2, 0) is 9.47 Å². The van der Waals surface area contributed by atoms with E-state index < -0.39 is 6.09 Å². The highest BCUT2D eigenvalue weighted by Crippen LogP contribution is 2.45. The van der Waals surface area contributed by atoms with Crippen molar-refractivity contribution in [1.29, 1.82) is 0 Å². The maximum absolute atomic E-state index is 12.8. The second-order valence-corrected chi connectivity index (χ2v) is 14.1. The van der Waals surface area contributed by atoms with Crippen LogP contribution in [0.2, 0.25) is 0 Å². The number of thiophene rings is 1. The Morgan fingerprint density at radius 2 is 1.61 bits per heavy atom. The smallest absolute Gasteiger partial charge is 0.411 e. The van der Waals surface area contributed by atoms with Crippen molar-refractivity contribution in [2.24, 2.45) is 0 Å². The van der Waals surface area contributed by atoms with Crippen LogP contribution >= 0.6 is 23.1 Å². The highest BCUT2D eigenvalue weighted by atomic mass is 32.2. The average Bonchev–Trinajstić information content (AvgIpc) is 3.66. The molecule has 49 heavy (non-hydrogen) atoms. The molecule has 0 atom stereocenters. The minimum Gasteiger partial charge on any atom is -0.462 e. The fourth-order valence-corrected chi connectivity index (χ4v) is 7.98. The first-order chi connectivity index (χ1) is 23.9. The van der Waals surface area contributed by atoms with Crippen LogP contribution in [0, 0.1) is 0 Å². The zero-order valence-corrected chi connectivity index (χ0v) is 28.7. The number of nitrogens with one attached hydrogen (secondary N) is 2. The lowest BCUT2D eigenvalue weighted by Crippen LogP contribution is -2.17. The normalized spacial score (nSPS) is 12.1. The summed E-state index contributed by atoms with van der Waals surface area (Å²) < 4.78 is 11.9. The molecule has 9 nitrogen and oxygen atoms in total. The lowest BCUT2D eigenvalue weighted by molar-refractivity contribution is 0.0532. The number of nitrogens with zero attached hydrogens (tertiary/aromatic N) is 3. The largest absolute Gasteiger partial charge is 0.462 e. The van der Waals surface area contributed by atoms with Gasteiger partial charge >= 0.3 is 12.1 Å². The van der Waals surface area contributed by atoms with E-state index in [1.165, 1.54) is 40.6 Å². The number of carbonyl (C=O) groups is 2. The molecule has 6 aromatic rings. The lowest BCUT2D eigenvalue weighted by Gasteiger charge is -2.14. The molecule has 3 aromatic heterocycles. The summed E-state index contributed by atoms with van der Waals surface area (Å²) in [6.07, 6.45) is 0.966. The zero-order chi connectivity index (χ0) is 33.9. The van der Waals surface area contributed by atoms with Crippen molar-refractivity contribution in [3.05, 3.63) is 119 Å². The van der Waals surface area contributed by atoms with Crippen molar-refractivity contribution >= 4 is 63.4 Å². The first-order valence-electron chi connectivity index (χ1n) is 16.0. The van der Waals surface area contributed by atoms with E-state index >= 15 is 0 Å². The maximum Gasteiger partial charge on any atom is 0.411 e. The van der Waals surface area contributed by atoms with Crippen LogP contribution in [0.4, 0.5) is 22.0 Å². The van der Waals surface area contributed by atoms with E-state index in [1.54, 1.807) is 13.0 Å². The first-order valence-corrected chi connectivity index (χ1v) is 17.6. The van der Waals surface area contributed by atoms with Crippen molar-refractivity contribution in [2.75, 3.05) is 23.8 Å². The molecule has 3 aromatic carbocycles. The molecule has 0 spiro atoms. The van der Waals surface area contributed by atoms with Gasteiger partial charge in [-0.2, -0.15) is 0 Å². The van der Waals surface area contributed by atoms with E-state index in [-0.39, 0.29) is 31.0 Å². The molecule has 0 fully saturated rings. The van der Waals surface area contributed by atoms with Gasteiger partial charge in [0, 0.05) is 22.2 Å². The number of anilines is 3. The second kappa shape index (κ2) is 14.1. The molecule has 0 saturated heterocycles. The van der Waals surface area contributed by atoms with Crippen LogP contribution in [0.25, 0.3) is 22.2 Å². The molecule has 1 amide bonds. The molecule has 0 unspecified atom stereocenters. The van der Waals surface area contributed by atoms with Gasteiger partial charge in [0.25, 0.3) is 0 Å². The molecule has 0 bridgehead atoms. The number of rotatable bonds is 10. The van der Waals surface area contributed by atoms with Gasteiger partial charge in [0.05, 0.1) is 21.9 Å². The first kappa shape index (κ1) is 32.3. The quantitative estimate of drug-likeness (QED) is 0.136. The van der Waals surface area contributed by atoms with Crippen molar-refractivity contribution in [3.63, 3.8) is 0 Å². The Labute approximate surface area is 292 Å². The zero-order valence-electron chi connectivity index (χ0n) is 27.1. The van der Waals surface area contributed by atoms with Gasteiger partial charge in [0.1, 0.15) is 23.6 Å². The number of ether oxygens (including phenoxy) is 2. The molecule has 0 saturated carbocycles. The summed E-state index contributed by atoms with van der Waals surface area (Å²) in [5, 5.41) is 7.03. The Kier molecular flexibility index (Phi) is 9.28. The van der Waals surface area contributed by atoms with Crippen LogP contribution in [0.3, 0.4) is 0 Å². The van der Waals surface area contributed by atoms with Gasteiger partial charge in [-0.3, -0.25) is 5.32 Å². The number of benzene rings is 3. The standard InChI is InChI=1S/C38H33N5O4S2/c1-4-46-36(44)33-19-32(43-35-29-17-18-31(22(2)3)42-34(29)39-21-40-35)37(49-33)48-24-15-13-23(14-16-24)41-38(45)47-20-30-27-11-7-5-9-25(27)26-10-6-8-12-28(26)30/h5-19,21-22,30H,4,20H2,1-3H3,(H,41,45)(H,39,40,42,43).